The predicted octanol–water partition coefficient (Wildman–Crippen LogP) is 1.48. The largest absolute Gasteiger partial charge is 0.381 e. The summed E-state index contributed by atoms with van der Waals surface area (Å²) in [5, 5.41) is 15.7. The van der Waals surface area contributed by atoms with Gasteiger partial charge in [0.15, 0.2) is 5.82 Å². The quantitative estimate of drug-likeness (QED) is 0.916. The molecule has 24 heavy (non-hydrogen) atoms. The third kappa shape index (κ3) is 3.33. The molecule has 2 fully saturated rings. The molecule has 0 bridgehead atoms. The Morgan fingerprint density at radius 2 is 2.00 bits per heavy atom. The van der Waals surface area contributed by atoms with Gasteiger partial charge in [-0.15, -0.1) is 5.10 Å². The summed E-state index contributed by atoms with van der Waals surface area (Å²) in [6, 6.07) is 10.4. The van der Waals surface area contributed by atoms with E-state index in [1.165, 1.54) is 0 Å². The maximum Gasteiger partial charge on any atom is 0.170 e. The second-order valence-electron chi connectivity index (χ2n) is 6.56. The number of nitrogens with one attached hydrogen (secondary N) is 1. The van der Waals surface area contributed by atoms with Crippen LogP contribution in [-0.4, -0.2) is 51.7 Å². The van der Waals surface area contributed by atoms with Gasteiger partial charge in [-0.2, -0.15) is 4.68 Å². The summed E-state index contributed by atoms with van der Waals surface area (Å²) in [6.07, 6.45) is 4.04. The van der Waals surface area contributed by atoms with Crippen molar-refractivity contribution in [1.29, 1.82) is 0 Å². The minimum absolute atomic E-state index is 0.000477. The normalized spacial score (nSPS) is 23.4. The van der Waals surface area contributed by atoms with E-state index in [0.717, 1.165) is 57.0 Å². The second-order valence-corrected chi connectivity index (χ2v) is 6.56. The molecule has 2 saturated heterocycles. The lowest BCUT2D eigenvalue weighted by Gasteiger charge is -2.43. The van der Waals surface area contributed by atoms with Crippen LogP contribution in [0.5, 0.6) is 0 Å². The molecule has 7 nitrogen and oxygen atoms in total. The third-order valence-electron chi connectivity index (χ3n) is 4.98. The lowest BCUT2D eigenvalue weighted by molar-refractivity contribution is -0.140. The van der Waals surface area contributed by atoms with E-state index in [-0.39, 0.29) is 5.60 Å². The number of rotatable bonds is 4. The van der Waals surface area contributed by atoms with Gasteiger partial charge in [-0.05, 0) is 48.2 Å². The highest BCUT2D eigenvalue weighted by molar-refractivity contribution is 5.30. The predicted molar refractivity (Wildman–Crippen MR) is 87.8 cm³/mol. The van der Waals surface area contributed by atoms with Gasteiger partial charge < -0.3 is 14.8 Å². The Hall–Kier alpha value is -1.83. The number of benzene rings is 1. The van der Waals surface area contributed by atoms with Crippen molar-refractivity contribution in [3.63, 3.8) is 0 Å². The number of hydrogen-bond donors (Lipinski definition) is 1. The van der Waals surface area contributed by atoms with Crippen molar-refractivity contribution < 1.29 is 9.47 Å². The summed E-state index contributed by atoms with van der Waals surface area (Å²) in [6.45, 7) is 3.07. The maximum atomic E-state index is 6.10. The molecule has 7 heteroatoms. The number of tetrazole rings is 1. The zero-order chi connectivity index (χ0) is 16.2. The SMILES string of the molecule is c1ccc(-n2nnnc2CN[C@H]2CCOC3(CCOCC3)C2)cc1. The van der Waals surface area contributed by atoms with E-state index in [4.69, 9.17) is 9.47 Å². The Morgan fingerprint density at radius 3 is 2.83 bits per heavy atom. The molecule has 2 aromatic rings. The summed E-state index contributed by atoms with van der Waals surface area (Å²) in [7, 11) is 0. The highest BCUT2D eigenvalue weighted by Crippen LogP contribution is 2.34. The zero-order valence-corrected chi connectivity index (χ0v) is 13.7. The monoisotopic (exact) mass is 329 g/mol. The van der Waals surface area contributed by atoms with Crippen molar-refractivity contribution in [2.45, 2.75) is 43.9 Å². The van der Waals surface area contributed by atoms with E-state index >= 15 is 0 Å². The van der Waals surface area contributed by atoms with Gasteiger partial charge in [-0.3, -0.25) is 0 Å². The number of nitrogens with zero attached hydrogens (tertiary/aromatic N) is 4. The fourth-order valence-electron chi connectivity index (χ4n) is 3.62. The van der Waals surface area contributed by atoms with Crippen molar-refractivity contribution in [1.82, 2.24) is 25.5 Å². The average Bonchev–Trinajstić information content (AvgIpc) is 3.10. The number of ether oxygens (including phenoxy) is 2. The van der Waals surface area contributed by atoms with Gasteiger partial charge >= 0.3 is 0 Å². The Morgan fingerprint density at radius 1 is 1.17 bits per heavy atom. The van der Waals surface area contributed by atoms with Gasteiger partial charge in [0.05, 0.1) is 17.8 Å². The Balaban J connectivity index is 1.40. The topological polar surface area (TPSA) is 74.1 Å². The number of para-hydroxylation sites is 1. The van der Waals surface area contributed by atoms with Gasteiger partial charge in [-0.25, -0.2) is 0 Å². The van der Waals surface area contributed by atoms with Crippen molar-refractivity contribution >= 4 is 0 Å². The molecular formula is C17H23N5O2. The molecule has 0 aliphatic carbocycles. The fourth-order valence-corrected chi connectivity index (χ4v) is 3.62. The van der Waals surface area contributed by atoms with E-state index in [1.54, 1.807) is 4.68 Å². The summed E-state index contributed by atoms with van der Waals surface area (Å²) in [4.78, 5) is 0. The number of hydrogen-bond acceptors (Lipinski definition) is 6. The smallest absolute Gasteiger partial charge is 0.170 e. The average molecular weight is 329 g/mol. The van der Waals surface area contributed by atoms with Crippen LogP contribution in [0.25, 0.3) is 5.69 Å². The summed E-state index contributed by atoms with van der Waals surface area (Å²) in [5.41, 5.74) is 0.978. The highest BCUT2D eigenvalue weighted by atomic mass is 16.5. The molecule has 2 aliphatic rings. The van der Waals surface area contributed by atoms with Gasteiger partial charge in [0, 0.05) is 25.9 Å². The van der Waals surface area contributed by atoms with Crippen LogP contribution in [0.4, 0.5) is 0 Å². The second kappa shape index (κ2) is 6.96. The van der Waals surface area contributed by atoms with E-state index in [1.807, 2.05) is 30.3 Å². The highest BCUT2D eigenvalue weighted by Gasteiger charge is 2.38. The van der Waals surface area contributed by atoms with Crippen LogP contribution in [-0.2, 0) is 16.0 Å². The molecular weight excluding hydrogens is 306 g/mol. The van der Waals surface area contributed by atoms with Crippen LogP contribution < -0.4 is 5.32 Å². The van der Waals surface area contributed by atoms with Gasteiger partial charge in [0.1, 0.15) is 0 Å². The molecule has 1 atom stereocenters. The molecule has 0 amide bonds. The summed E-state index contributed by atoms with van der Waals surface area (Å²) < 4.78 is 13.4. The molecule has 4 rings (SSSR count). The van der Waals surface area contributed by atoms with Gasteiger partial charge in [-0.1, -0.05) is 18.2 Å². The van der Waals surface area contributed by atoms with Crippen LogP contribution in [0, 0.1) is 0 Å². The van der Waals surface area contributed by atoms with E-state index in [0.29, 0.717) is 12.6 Å². The fraction of sp³-hybridized carbons (Fsp3) is 0.588. The summed E-state index contributed by atoms with van der Waals surface area (Å²) >= 11 is 0. The minimum Gasteiger partial charge on any atom is -0.381 e. The Bertz CT molecular complexity index is 649. The first-order valence-corrected chi connectivity index (χ1v) is 8.62. The Labute approximate surface area is 141 Å². The third-order valence-corrected chi connectivity index (χ3v) is 4.98. The standard InChI is InChI=1S/C17H23N5O2/c1-2-4-15(5-3-1)22-16(19-20-21-22)13-18-14-6-9-24-17(12-14)7-10-23-11-8-17/h1-5,14,18H,6-13H2/t14-/m0/s1. The first kappa shape index (κ1) is 15.7. The molecule has 1 N–H and O–H groups in total. The van der Waals surface area contributed by atoms with Crippen LogP contribution in [0.1, 0.15) is 31.5 Å². The van der Waals surface area contributed by atoms with Crippen molar-refractivity contribution in [2.24, 2.45) is 0 Å². The lowest BCUT2D eigenvalue weighted by atomic mass is 9.84. The molecule has 128 valence electrons. The van der Waals surface area contributed by atoms with Crippen LogP contribution >= 0.6 is 0 Å². The van der Waals surface area contributed by atoms with E-state index < -0.39 is 0 Å². The van der Waals surface area contributed by atoms with Crippen molar-refractivity contribution in [3.05, 3.63) is 36.2 Å². The van der Waals surface area contributed by atoms with Crippen molar-refractivity contribution in [3.8, 4) is 5.69 Å². The van der Waals surface area contributed by atoms with Gasteiger partial charge in [0.2, 0.25) is 0 Å². The summed E-state index contributed by atoms with van der Waals surface area (Å²) in [5.74, 6) is 0.828. The molecule has 0 unspecified atom stereocenters. The van der Waals surface area contributed by atoms with Gasteiger partial charge in [0.25, 0.3) is 0 Å². The molecule has 0 saturated carbocycles. The first-order chi connectivity index (χ1) is 11.8. The molecule has 2 aliphatic heterocycles. The lowest BCUT2D eigenvalue weighted by Crippen LogP contribution is -2.49. The van der Waals surface area contributed by atoms with Crippen LogP contribution in [0.3, 0.4) is 0 Å². The van der Waals surface area contributed by atoms with Crippen LogP contribution in [0.15, 0.2) is 30.3 Å². The maximum absolute atomic E-state index is 6.10. The van der Waals surface area contributed by atoms with Crippen LogP contribution in [0.2, 0.25) is 0 Å². The molecule has 3 heterocycles. The van der Waals surface area contributed by atoms with E-state index in [2.05, 4.69) is 20.8 Å². The zero-order valence-electron chi connectivity index (χ0n) is 13.7. The molecule has 0 radical (unpaired) electrons. The van der Waals surface area contributed by atoms with Crippen molar-refractivity contribution in [2.75, 3.05) is 19.8 Å². The molecule has 1 aromatic carbocycles. The Kier molecular flexibility index (Phi) is 4.55. The molecule has 1 spiro atoms. The minimum atomic E-state index is -0.000477. The first-order valence-electron chi connectivity index (χ1n) is 8.62. The molecule has 1 aromatic heterocycles. The van der Waals surface area contributed by atoms with E-state index in [9.17, 15) is 0 Å². The number of aromatic nitrogens is 4.